The van der Waals surface area contributed by atoms with Gasteiger partial charge >= 0.3 is 0 Å². The van der Waals surface area contributed by atoms with Crippen molar-refractivity contribution in [2.75, 3.05) is 0 Å². The van der Waals surface area contributed by atoms with Crippen molar-refractivity contribution < 1.29 is 4.79 Å². The zero-order chi connectivity index (χ0) is 9.42. The van der Waals surface area contributed by atoms with Crippen LogP contribution < -0.4 is 11.3 Å². The third kappa shape index (κ3) is 1.08. The number of primary amides is 1. The van der Waals surface area contributed by atoms with Crippen LogP contribution in [0.1, 0.15) is 10.5 Å². The van der Waals surface area contributed by atoms with Crippen LogP contribution in [0.4, 0.5) is 0 Å². The normalized spacial score (nSPS) is 10.5. The number of aromatic nitrogens is 3. The standard InChI is InChI=1S/C7H6N4O2/c8-7(13)4-3-5-9-2-1-6(12)11(5)10-4/h1-3,10H,(H2,8,13). The molecular weight excluding hydrogens is 172 g/mol. The number of nitrogens with one attached hydrogen (secondary N) is 1. The Bertz CT molecular complexity index is 525. The summed E-state index contributed by atoms with van der Waals surface area (Å²) in [5.74, 6) is -0.620. The molecule has 0 aliphatic carbocycles. The van der Waals surface area contributed by atoms with Gasteiger partial charge in [0, 0.05) is 18.3 Å². The van der Waals surface area contributed by atoms with Crippen LogP contribution in [0.25, 0.3) is 5.65 Å². The van der Waals surface area contributed by atoms with Crippen molar-refractivity contribution in [3.05, 3.63) is 34.4 Å². The topological polar surface area (TPSA) is 93.2 Å². The first-order valence-electron chi connectivity index (χ1n) is 3.55. The number of aromatic amines is 1. The van der Waals surface area contributed by atoms with Crippen molar-refractivity contribution in [2.45, 2.75) is 0 Å². The van der Waals surface area contributed by atoms with E-state index in [0.717, 1.165) is 4.52 Å². The maximum absolute atomic E-state index is 11.2. The molecule has 13 heavy (non-hydrogen) atoms. The molecule has 3 N–H and O–H groups in total. The second kappa shape index (κ2) is 2.44. The van der Waals surface area contributed by atoms with Crippen molar-refractivity contribution >= 4 is 11.6 Å². The van der Waals surface area contributed by atoms with E-state index >= 15 is 0 Å². The van der Waals surface area contributed by atoms with Gasteiger partial charge in [0.25, 0.3) is 11.5 Å². The van der Waals surface area contributed by atoms with E-state index in [2.05, 4.69) is 10.1 Å². The van der Waals surface area contributed by atoms with Gasteiger partial charge in [-0.25, -0.2) is 9.50 Å². The van der Waals surface area contributed by atoms with E-state index in [1.165, 1.54) is 18.3 Å². The van der Waals surface area contributed by atoms with Gasteiger partial charge in [0.15, 0.2) is 5.65 Å². The highest BCUT2D eigenvalue weighted by Crippen LogP contribution is 1.98. The van der Waals surface area contributed by atoms with Gasteiger partial charge in [-0.15, -0.1) is 0 Å². The molecule has 0 unspecified atom stereocenters. The quantitative estimate of drug-likeness (QED) is 0.593. The number of amides is 1. The summed E-state index contributed by atoms with van der Waals surface area (Å²) >= 11 is 0. The first-order chi connectivity index (χ1) is 6.18. The average Bonchev–Trinajstić information content (AvgIpc) is 2.49. The lowest BCUT2D eigenvalue weighted by atomic mass is 10.4. The number of H-pyrrole nitrogens is 1. The van der Waals surface area contributed by atoms with Crippen LogP contribution in [0, 0.1) is 0 Å². The van der Waals surface area contributed by atoms with Crippen LogP contribution in [0.15, 0.2) is 23.1 Å². The third-order valence-corrected chi connectivity index (χ3v) is 1.64. The zero-order valence-corrected chi connectivity index (χ0v) is 6.52. The smallest absolute Gasteiger partial charge is 0.272 e. The van der Waals surface area contributed by atoms with Crippen LogP contribution in [-0.4, -0.2) is 20.5 Å². The van der Waals surface area contributed by atoms with Gasteiger partial charge in [-0.3, -0.25) is 14.7 Å². The van der Waals surface area contributed by atoms with Crippen LogP contribution in [0.2, 0.25) is 0 Å². The lowest BCUT2D eigenvalue weighted by molar-refractivity contribution is 0.0995. The lowest BCUT2D eigenvalue weighted by Crippen LogP contribution is -2.15. The summed E-state index contributed by atoms with van der Waals surface area (Å²) in [5.41, 5.74) is 5.27. The summed E-state index contributed by atoms with van der Waals surface area (Å²) in [6.45, 7) is 0. The van der Waals surface area contributed by atoms with Crippen LogP contribution >= 0.6 is 0 Å². The average molecular weight is 178 g/mol. The number of nitrogens with zero attached hydrogens (tertiary/aromatic N) is 2. The molecule has 0 aliphatic rings. The number of carbonyl (C=O) groups excluding carboxylic acids is 1. The van der Waals surface area contributed by atoms with E-state index in [0.29, 0.717) is 5.65 Å². The molecule has 2 rings (SSSR count). The molecule has 0 bridgehead atoms. The molecule has 0 saturated carbocycles. The minimum absolute atomic E-state index is 0.163. The van der Waals surface area contributed by atoms with E-state index in [4.69, 9.17) is 5.73 Å². The summed E-state index contributed by atoms with van der Waals surface area (Å²) in [4.78, 5) is 25.8. The second-order valence-electron chi connectivity index (χ2n) is 2.51. The molecule has 0 fully saturated rings. The molecular formula is C7H6N4O2. The fraction of sp³-hybridized carbons (Fsp3) is 0. The Morgan fingerprint density at radius 2 is 2.38 bits per heavy atom. The minimum Gasteiger partial charge on any atom is -0.364 e. The number of rotatable bonds is 1. The van der Waals surface area contributed by atoms with Crippen molar-refractivity contribution in [3.8, 4) is 0 Å². The Morgan fingerprint density at radius 1 is 1.62 bits per heavy atom. The Hall–Kier alpha value is -2.11. The molecule has 66 valence electrons. The van der Waals surface area contributed by atoms with Gasteiger partial charge in [0.2, 0.25) is 0 Å². The predicted molar refractivity (Wildman–Crippen MR) is 44.3 cm³/mol. The van der Waals surface area contributed by atoms with Crippen molar-refractivity contribution in [3.63, 3.8) is 0 Å². The molecule has 1 amide bonds. The van der Waals surface area contributed by atoms with Gasteiger partial charge in [-0.1, -0.05) is 0 Å². The Labute approximate surface area is 72.0 Å². The van der Waals surface area contributed by atoms with Crippen LogP contribution in [0.3, 0.4) is 0 Å². The zero-order valence-electron chi connectivity index (χ0n) is 6.52. The molecule has 6 nitrogen and oxygen atoms in total. The van der Waals surface area contributed by atoms with Gasteiger partial charge in [0.1, 0.15) is 5.69 Å². The fourth-order valence-electron chi connectivity index (χ4n) is 1.04. The second-order valence-corrected chi connectivity index (χ2v) is 2.51. The first kappa shape index (κ1) is 7.53. The highest BCUT2D eigenvalue weighted by atomic mass is 16.1. The van der Waals surface area contributed by atoms with Crippen molar-refractivity contribution in [2.24, 2.45) is 5.73 Å². The van der Waals surface area contributed by atoms with E-state index in [1.54, 1.807) is 0 Å². The lowest BCUT2D eigenvalue weighted by Gasteiger charge is -1.88. The summed E-state index contributed by atoms with van der Waals surface area (Å²) in [5, 5.41) is 2.53. The number of hydrogen-bond acceptors (Lipinski definition) is 3. The van der Waals surface area contributed by atoms with Crippen molar-refractivity contribution in [1.82, 2.24) is 14.6 Å². The van der Waals surface area contributed by atoms with Crippen molar-refractivity contribution in [1.29, 1.82) is 0 Å². The highest BCUT2D eigenvalue weighted by molar-refractivity contribution is 5.91. The Kier molecular flexibility index (Phi) is 1.42. The molecule has 2 aromatic heterocycles. The maximum atomic E-state index is 11.2. The largest absolute Gasteiger partial charge is 0.364 e. The monoisotopic (exact) mass is 178 g/mol. The van der Waals surface area contributed by atoms with Gasteiger partial charge in [0.05, 0.1) is 0 Å². The van der Waals surface area contributed by atoms with E-state index in [1.807, 2.05) is 0 Å². The highest BCUT2D eigenvalue weighted by Gasteiger charge is 2.06. The first-order valence-corrected chi connectivity index (χ1v) is 3.55. The number of hydrogen-bond donors (Lipinski definition) is 2. The van der Waals surface area contributed by atoms with Gasteiger partial charge in [-0.05, 0) is 0 Å². The number of fused-ring (bicyclic) bond motifs is 1. The van der Waals surface area contributed by atoms with Gasteiger partial charge < -0.3 is 5.73 Å². The van der Waals surface area contributed by atoms with E-state index in [-0.39, 0.29) is 11.3 Å². The summed E-state index contributed by atoms with van der Waals surface area (Å²) in [6, 6.07) is 2.71. The molecule has 0 radical (unpaired) electrons. The Morgan fingerprint density at radius 3 is 3.00 bits per heavy atom. The molecule has 0 atom stereocenters. The number of carbonyl (C=O) groups is 1. The maximum Gasteiger partial charge on any atom is 0.272 e. The summed E-state index contributed by atoms with van der Waals surface area (Å²) in [7, 11) is 0. The SMILES string of the molecule is NC(=O)c1cc2nccc(=O)n2[nH]1. The summed E-state index contributed by atoms with van der Waals surface area (Å²) in [6.07, 6.45) is 1.37. The van der Waals surface area contributed by atoms with E-state index < -0.39 is 5.91 Å². The minimum atomic E-state index is -0.620. The molecule has 0 aromatic carbocycles. The Balaban J connectivity index is 2.83. The molecule has 0 aliphatic heterocycles. The molecule has 0 saturated heterocycles. The van der Waals surface area contributed by atoms with Crippen LogP contribution in [-0.2, 0) is 0 Å². The molecule has 2 aromatic rings. The molecule has 6 heteroatoms. The predicted octanol–water partition coefficient (Wildman–Crippen LogP) is -0.879. The third-order valence-electron chi connectivity index (χ3n) is 1.64. The van der Waals surface area contributed by atoms with E-state index in [9.17, 15) is 9.59 Å². The van der Waals surface area contributed by atoms with Crippen LogP contribution in [0.5, 0.6) is 0 Å². The fourth-order valence-corrected chi connectivity index (χ4v) is 1.04. The molecule has 0 spiro atoms. The number of nitrogens with two attached hydrogens (primary N) is 1. The van der Waals surface area contributed by atoms with Gasteiger partial charge in [-0.2, -0.15) is 0 Å². The summed E-state index contributed by atoms with van der Waals surface area (Å²) < 4.78 is 1.15. The molecule has 2 heterocycles.